The topological polar surface area (TPSA) is 138 Å². The normalized spacial score (nSPS) is 11.0. The van der Waals surface area contributed by atoms with Crippen LogP contribution in [0.3, 0.4) is 0 Å². The Kier molecular flexibility index (Phi) is 5.98. The van der Waals surface area contributed by atoms with E-state index in [0.717, 1.165) is 0 Å². The Balaban J connectivity index is 1.74. The van der Waals surface area contributed by atoms with Crippen LogP contribution in [0.4, 0.5) is 17.2 Å². The van der Waals surface area contributed by atoms with E-state index in [1.807, 2.05) is 0 Å². The van der Waals surface area contributed by atoms with Crippen molar-refractivity contribution in [2.24, 2.45) is 10.2 Å². The first kappa shape index (κ1) is 21.5. The zero-order valence-corrected chi connectivity index (χ0v) is 17.7. The first-order valence-electron chi connectivity index (χ1n) is 9.75. The average molecular weight is 445 g/mol. The Morgan fingerprint density at radius 2 is 1.79 bits per heavy atom. The molecule has 1 heterocycles. The van der Waals surface area contributed by atoms with Gasteiger partial charge in [0.1, 0.15) is 17.0 Å². The molecule has 0 bridgehead atoms. The van der Waals surface area contributed by atoms with Gasteiger partial charge in [-0.25, -0.2) is 4.79 Å². The van der Waals surface area contributed by atoms with E-state index in [2.05, 4.69) is 25.7 Å². The molecule has 0 saturated heterocycles. The predicted octanol–water partition coefficient (Wildman–Crippen LogP) is 4.73. The van der Waals surface area contributed by atoms with Crippen molar-refractivity contribution in [2.75, 3.05) is 19.5 Å². The van der Waals surface area contributed by atoms with Gasteiger partial charge in [-0.2, -0.15) is 5.10 Å². The van der Waals surface area contributed by atoms with Gasteiger partial charge >= 0.3 is 5.97 Å². The molecule has 0 unspecified atom stereocenters. The van der Waals surface area contributed by atoms with Crippen molar-refractivity contribution in [3.63, 3.8) is 0 Å². The van der Waals surface area contributed by atoms with E-state index in [0.29, 0.717) is 22.2 Å². The molecule has 0 saturated carbocycles. The van der Waals surface area contributed by atoms with Gasteiger partial charge in [0, 0.05) is 11.1 Å². The Morgan fingerprint density at radius 1 is 1.03 bits per heavy atom. The third-order valence-electron chi connectivity index (χ3n) is 4.86. The fourth-order valence-corrected chi connectivity index (χ4v) is 3.18. The molecule has 3 N–H and O–H groups in total. The Morgan fingerprint density at radius 3 is 2.52 bits per heavy atom. The minimum absolute atomic E-state index is 0.0104. The molecule has 0 radical (unpaired) electrons. The second-order valence-corrected chi connectivity index (χ2v) is 6.85. The van der Waals surface area contributed by atoms with Crippen molar-refractivity contribution < 1.29 is 24.2 Å². The SMILES string of the molecule is COC(=O)c1cn[nH]c1/N=N/c1c(O)c(C(=O)Nc2ccc(OC)cc2)cc2ccccc12. The molecule has 10 heteroatoms. The Bertz CT molecular complexity index is 1360. The van der Waals surface area contributed by atoms with Crippen LogP contribution < -0.4 is 10.1 Å². The maximum absolute atomic E-state index is 12.9. The lowest BCUT2D eigenvalue weighted by Gasteiger charge is -2.11. The number of hydrogen-bond acceptors (Lipinski definition) is 8. The van der Waals surface area contributed by atoms with Gasteiger partial charge in [-0.05, 0) is 35.7 Å². The molecule has 0 atom stereocenters. The minimum Gasteiger partial charge on any atom is -0.505 e. The number of aromatic amines is 1. The van der Waals surface area contributed by atoms with E-state index in [9.17, 15) is 14.7 Å². The molecule has 0 spiro atoms. The van der Waals surface area contributed by atoms with Gasteiger partial charge in [0.05, 0.1) is 26.0 Å². The van der Waals surface area contributed by atoms with E-state index in [-0.39, 0.29) is 28.4 Å². The van der Waals surface area contributed by atoms with Gasteiger partial charge in [-0.15, -0.1) is 10.2 Å². The monoisotopic (exact) mass is 445 g/mol. The van der Waals surface area contributed by atoms with Crippen LogP contribution in [0.15, 0.2) is 71.0 Å². The summed E-state index contributed by atoms with van der Waals surface area (Å²) >= 11 is 0. The third kappa shape index (κ3) is 4.35. The number of carbonyl (C=O) groups excluding carboxylic acids is 2. The van der Waals surface area contributed by atoms with E-state index >= 15 is 0 Å². The quantitative estimate of drug-likeness (QED) is 0.290. The van der Waals surface area contributed by atoms with Gasteiger partial charge < -0.3 is 19.9 Å². The van der Waals surface area contributed by atoms with Crippen LogP contribution >= 0.6 is 0 Å². The number of hydrogen-bond donors (Lipinski definition) is 3. The van der Waals surface area contributed by atoms with Crippen molar-refractivity contribution in [2.45, 2.75) is 0 Å². The molecule has 3 aromatic carbocycles. The summed E-state index contributed by atoms with van der Waals surface area (Å²) in [5.74, 6) is -0.827. The molecule has 0 aliphatic carbocycles. The Hall–Kier alpha value is -4.73. The number of nitrogens with one attached hydrogen (secondary N) is 2. The van der Waals surface area contributed by atoms with E-state index in [1.54, 1.807) is 61.7 Å². The standard InChI is InChI=1S/C23H19N5O5/c1-32-15-9-7-14(8-10-15)25-22(30)17-11-13-5-3-4-6-16(13)19(20(17)29)26-28-21-18(12-24-27-21)23(31)33-2/h3-12,29H,1-2H3,(H,24,27)(H,25,30)/b28-26+. The number of amides is 1. The number of ether oxygens (including phenoxy) is 2. The number of methoxy groups -OCH3 is 2. The van der Waals surface area contributed by atoms with Crippen molar-refractivity contribution in [1.29, 1.82) is 0 Å². The van der Waals surface area contributed by atoms with Crippen LogP contribution in [0.5, 0.6) is 11.5 Å². The number of aromatic hydroxyl groups is 1. The highest BCUT2D eigenvalue weighted by atomic mass is 16.5. The van der Waals surface area contributed by atoms with Crippen LogP contribution in [0, 0.1) is 0 Å². The third-order valence-corrected chi connectivity index (χ3v) is 4.86. The summed E-state index contributed by atoms with van der Waals surface area (Å²) in [7, 11) is 2.79. The summed E-state index contributed by atoms with van der Waals surface area (Å²) in [6.07, 6.45) is 1.26. The van der Waals surface area contributed by atoms with Crippen molar-refractivity contribution in [3.05, 3.63) is 71.9 Å². The van der Waals surface area contributed by atoms with Crippen molar-refractivity contribution in [1.82, 2.24) is 10.2 Å². The molecule has 4 rings (SSSR count). The maximum Gasteiger partial charge on any atom is 0.343 e. The lowest BCUT2D eigenvalue weighted by atomic mass is 10.0. The predicted molar refractivity (Wildman–Crippen MR) is 121 cm³/mol. The summed E-state index contributed by atoms with van der Waals surface area (Å²) in [5.41, 5.74) is 0.685. The average Bonchev–Trinajstić information content (AvgIpc) is 3.31. The number of rotatable bonds is 6. The van der Waals surface area contributed by atoms with Gasteiger partial charge in [0.2, 0.25) is 0 Å². The lowest BCUT2D eigenvalue weighted by molar-refractivity contribution is 0.0601. The molecule has 4 aromatic rings. The van der Waals surface area contributed by atoms with E-state index in [1.165, 1.54) is 13.3 Å². The first-order valence-corrected chi connectivity index (χ1v) is 9.75. The molecular weight excluding hydrogens is 426 g/mol. The molecule has 0 aliphatic heterocycles. The van der Waals surface area contributed by atoms with Crippen LogP contribution in [-0.4, -0.2) is 41.4 Å². The number of esters is 1. The fraction of sp³-hybridized carbons (Fsp3) is 0.0870. The number of carbonyl (C=O) groups is 2. The number of aromatic nitrogens is 2. The number of benzene rings is 3. The number of nitrogens with zero attached hydrogens (tertiary/aromatic N) is 3. The zero-order chi connectivity index (χ0) is 23.4. The number of fused-ring (bicyclic) bond motifs is 1. The second kappa shape index (κ2) is 9.18. The Labute approximate surface area is 187 Å². The molecule has 0 aliphatic rings. The van der Waals surface area contributed by atoms with Gasteiger partial charge in [-0.1, -0.05) is 24.3 Å². The number of azo groups is 1. The zero-order valence-electron chi connectivity index (χ0n) is 17.7. The molecular formula is C23H19N5O5. The molecule has 166 valence electrons. The summed E-state index contributed by atoms with van der Waals surface area (Å²) in [6.45, 7) is 0. The summed E-state index contributed by atoms with van der Waals surface area (Å²) in [6, 6.07) is 15.4. The van der Waals surface area contributed by atoms with Crippen molar-refractivity contribution in [3.8, 4) is 11.5 Å². The largest absolute Gasteiger partial charge is 0.505 e. The summed E-state index contributed by atoms with van der Waals surface area (Å²) in [5, 5.41) is 29.4. The molecule has 10 nitrogen and oxygen atoms in total. The smallest absolute Gasteiger partial charge is 0.343 e. The minimum atomic E-state index is -0.639. The van der Waals surface area contributed by atoms with Crippen LogP contribution in [0.25, 0.3) is 10.8 Å². The lowest BCUT2D eigenvalue weighted by Crippen LogP contribution is -2.12. The number of phenols is 1. The summed E-state index contributed by atoms with van der Waals surface area (Å²) < 4.78 is 9.81. The highest BCUT2D eigenvalue weighted by molar-refractivity contribution is 6.11. The van der Waals surface area contributed by atoms with Crippen molar-refractivity contribution >= 4 is 39.8 Å². The number of phenolic OH excluding ortho intramolecular Hbond substituents is 1. The van der Waals surface area contributed by atoms with Gasteiger partial charge in [0.25, 0.3) is 5.91 Å². The van der Waals surface area contributed by atoms with Crippen LogP contribution in [0.2, 0.25) is 0 Å². The molecule has 33 heavy (non-hydrogen) atoms. The van der Waals surface area contributed by atoms with Gasteiger partial charge in [-0.3, -0.25) is 9.89 Å². The van der Waals surface area contributed by atoms with Crippen LogP contribution in [-0.2, 0) is 4.74 Å². The van der Waals surface area contributed by atoms with Crippen LogP contribution in [0.1, 0.15) is 20.7 Å². The second-order valence-electron chi connectivity index (χ2n) is 6.85. The number of anilines is 1. The number of H-pyrrole nitrogens is 1. The first-order chi connectivity index (χ1) is 16.0. The van der Waals surface area contributed by atoms with Gasteiger partial charge in [0.15, 0.2) is 11.6 Å². The van der Waals surface area contributed by atoms with E-state index in [4.69, 9.17) is 9.47 Å². The highest BCUT2D eigenvalue weighted by Gasteiger charge is 2.19. The highest BCUT2D eigenvalue weighted by Crippen LogP contribution is 2.39. The van der Waals surface area contributed by atoms with E-state index < -0.39 is 11.9 Å². The molecule has 1 aromatic heterocycles. The molecule has 0 fully saturated rings. The maximum atomic E-state index is 12.9. The molecule has 1 amide bonds. The summed E-state index contributed by atoms with van der Waals surface area (Å²) in [4.78, 5) is 24.8. The fourth-order valence-electron chi connectivity index (χ4n) is 3.18.